The number of carbonyl (C=O) groups is 1. The van der Waals surface area contributed by atoms with E-state index < -0.39 is 0 Å². The van der Waals surface area contributed by atoms with E-state index >= 15 is 0 Å². The van der Waals surface area contributed by atoms with Crippen LogP contribution in [0.5, 0.6) is 0 Å². The zero-order valence-corrected chi connectivity index (χ0v) is 15.9. The molecule has 1 aliphatic heterocycles. The fourth-order valence-corrected chi connectivity index (χ4v) is 3.69. The molecule has 28 heavy (non-hydrogen) atoms. The number of hydrogen-bond donors (Lipinski definition) is 2. The second-order valence-corrected chi connectivity index (χ2v) is 7.26. The Morgan fingerprint density at radius 1 is 1.21 bits per heavy atom. The van der Waals surface area contributed by atoms with Crippen LogP contribution in [0.15, 0.2) is 48.5 Å². The van der Waals surface area contributed by atoms with E-state index in [1.54, 1.807) is 4.90 Å². The summed E-state index contributed by atoms with van der Waals surface area (Å²) in [7, 11) is 1.82. The van der Waals surface area contributed by atoms with Crippen LogP contribution in [0.25, 0.3) is 11.4 Å². The Hall–Kier alpha value is -3.06. The van der Waals surface area contributed by atoms with E-state index in [1.165, 1.54) is 18.4 Å². The Bertz CT molecular complexity index is 916. The molecule has 3 aromatic rings. The van der Waals surface area contributed by atoms with Crippen LogP contribution in [-0.4, -0.2) is 51.6 Å². The van der Waals surface area contributed by atoms with Gasteiger partial charge in [0.25, 0.3) is 5.91 Å². The molecule has 0 radical (unpaired) electrons. The molecule has 1 aromatic heterocycles. The lowest BCUT2D eigenvalue weighted by molar-refractivity contribution is 0.0785. The summed E-state index contributed by atoms with van der Waals surface area (Å²) in [6, 6.07) is 15.9. The van der Waals surface area contributed by atoms with Gasteiger partial charge in [-0.2, -0.15) is 5.21 Å². The predicted octanol–water partition coefficient (Wildman–Crippen LogP) is 2.61. The van der Waals surface area contributed by atoms with Crippen molar-refractivity contribution in [3.8, 4) is 11.4 Å². The van der Waals surface area contributed by atoms with Crippen molar-refractivity contribution in [2.24, 2.45) is 0 Å². The molecule has 0 spiro atoms. The van der Waals surface area contributed by atoms with Gasteiger partial charge in [0.1, 0.15) is 0 Å². The van der Waals surface area contributed by atoms with Gasteiger partial charge < -0.3 is 10.2 Å². The molecular weight excluding hydrogens is 352 g/mol. The van der Waals surface area contributed by atoms with Crippen molar-refractivity contribution in [1.29, 1.82) is 0 Å². The highest BCUT2D eigenvalue weighted by Gasteiger charge is 2.17. The summed E-state index contributed by atoms with van der Waals surface area (Å²) in [6.45, 7) is 2.63. The van der Waals surface area contributed by atoms with Gasteiger partial charge in [0.2, 0.25) is 5.82 Å². The van der Waals surface area contributed by atoms with Gasteiger partial charge in [0.15, 0.2) is 0 Å². The maximum absolute atomic E-state index is 12.8. The zero-order chi connectivity index (χ0) is 19.3. The molecule has 1 fully saturated rings. The third kappa shape index (κ3) is 4.09. The number of H-pyrrole nitrogens is 1. The number of hydrogen-bond acceptors (Lipinski definition) is 5. The molecule has 0 saturated carbocycles. The van der Waals surface area contributed by atoms with Crippen LogP contribution >= 0.6 is 0 Å². The van der Waals surface area contributed by atoms with Crippen LogP contribution in [0.1, 0.15) is 40.2 Å². The number of carbonyl (C=O) groups excluding carboxylic acids is 1. The molecular formula is C21H24N6O. The first-order valence-electron chi connectivity index (χ1n) is 9.59. The molecule has 7 nitrogen and oxygen atoms in total. The van der Waals surface area contributed by atoms with Crippen LogP contribution in [0.3, 0.4) is 0 Å². The lowest BCUT2D eigenvalue weighted by Crippen LogP contribution is -2.28. The Morgan fingerprint density at radius 2 is 2.07 bits per heavy atom. The number of tetrazole rings is 1. The zero-order valence-electron chi connectivity index (χ0n) is 15.9. The third-order valence-electron chi connectivity index (χ3n) is 5.22. The SMILES string of the molecule is CN(Cc1cccc(-c2nn[nH]n2)c1)C(=O)c1ccc(C2CCCNC2)cc1. The van der Waals surface area contributed by atoms with E-state index in [0.717, 1.165) is 24.2 Å². The largest absolute Gasteiger partial charge is 0.337 e. The van der Waals surface area contributed by atoms with Crippen LogP contribution < -0.4 is 5.32 Å². The summed E-state index contributed by atoms with van der Waals surface area (Å²) in [6.07, 6.45) is 2.41. The van der Waals surface area contributed by atoms with Crippen LogP contribution in [0.4, 0.5) is 0 Å². The number of aromatic nitrogens is 4. The molecule has 1 unspecified atom stereocenters. The fourth-order valence-electron chi connectivity index (χ4n) is 3.69. The summed E-state index contributed by atoms with van der Waals surface area (Å²) in [4.78, 5) is 14.6. The highest BCUT2D eigenvalue weighted by molar-refractivity contribution is 5.94. The summed E-state index contributed by atoms with van der Waals surface area (Å²) in [5, 5.41) is 17.5. The lowest BCUT2D eigenvalue weighted by atomic mass is 9.91. The van der Waals surface area contributed by atoms with Gasteiger partial charge in [-0.3, -0.25) is 4.79 Å². The van der Waals surface area contributed by atoms with E-state index in [1.807, 2.05) is 43.4 Å². The minimum absolute atomic E-state index is 0.0123. The summed E-state index contributed by atoms with van der Waals surface area (Å²) in [5.74, 6) is 1.10. The van der Waals surface area contributed by atoms with Crippen molar-refractivity contribution in [2.45, 2.75) is 25.3 Å². The molecule has 2 N–H and O–H groups in total. The van der Waals surface area contributed by atoms with E-state index in [9.17, 15) is 4.79 Å². The Balaban J connectivity index is 1.42. The summed E-state index contributed by atoms with van der Waals surface area (Å²) < 4.78 is 0. The first-order chi connectivity index (χ1) is 13.7. The van der Waals surface area contributed by atoms with Gasteiger partial charge in [-0.1, -0.05) is 30.3 Å². The van der Waals surface area contributed by atoms with Crippen molar-refractivity contribution in [3.63, 3.8) is 0 Å². The molecule has 0 aliphatic carbocycles. The number of amides is 1. The van der Waals surface area contributed by atoms with Crippen LogP contribution in [-0.2, 0) is 6.54 Å². The number of aromatic amines is 1. The van der Waals surface area contributed by atoms with E-state index in [0.29, 0.717) is 23.9 Å². The second kappa shape index (κ2) is 8.31. The first kappa shape index (κ1) is 18.3. The monoisotopic (exact) mass is 376 g/mol. The molecule has 7 heteroatoms. The van der Waals surface area contributed by atoms with Crippen molar-refractivity contribution in [3.05, 3.63) is 65.2 Å². The number of nitrogens with zero attached hydrogens (tertiary/aromatic N) is 4. The first-order valence-corrected chi connectivity index (χ1v) is 9.59. The third-order valence-corrected chi connectivity index (χ3v) is 5.22. The maximum atomic E-state index is 12.8. The molecule has 1 amide bonds. The van der Waals surface area contributed by atoms with Gasteiger partial charge in [-0.15, -0.1) is 10.2 Å². The van der Waals surface area contributed by atoms with Gasteiger partial charge >= 0.3 is 0 Å². The molecule has 1 atom stereocenters. The summed E-state index contributed by atoms with van der Waals surface area (Å²) >= 11 is 0. The highest BCUT2D eigenvalue weighted by Crippen LogP contribution is 2.24. The molecule has 1 saturated heterocycles. The van der Waals surface area contributed by atoms with E-state index in [2.05, 4.69) is 38.1 Å². The molecule has 0 bridgehead atoms. The number of rotatable bonds is 5. The Labute approximate surface area is 164 Å². The van der Waals surface area contributed by atoms with Gasteiger partial charge in [0.05, 0.1) is 0 Å². The average molecular weight is 376 g/mol. The molecule has 2 aromatic carbocycles. The molecule has 2 heterocycles. The minimum atomic E-state index is 0.0123. The predicted molar refractivity (Wildman–Crippen MR) is 107 cm³/mol. The maximum Gasteiger partial charge on any atom is 0.253 e. The van der Waals surface area contributed by atoms with Crippen LogP contribution in [0.2, 0.25) is 0 Å². The molecule has 4 rings (SSSR count). The number of piperidine rings is 1. The Kier molecular flexibility index (Phi) is 5.43. The number of benzene rings is 2. The standard InChI is InChI=1S/C21H24N6O/c1-27(14-15-4-2-5-18(12-15)20-23-25-26-24-20)21(28)17-9-7-16(8-10-17)19-6-3-11-22-13-19/h2,4-5,7-10,12,19,22H,3,6,11,13-14H2,1H3,(H,23,24,25,26). The smallest absolute Gasteiger partial charge is 0.253 e. The van der Waals surface area contributed by atoms with Gasteiger partial charge in [-0.25, -0.2) is 0 Å². The minimum Gasteiger partial charge on any atom is -0.337 e. The Morgan fingerprint density at radius 3 is 2.79 bits per heavy atom. The lowest BCUT2D eigenvalue weighted by Gasteiger charge is -2.23. The highest BCUT2D eigenvalue weighted by atomic mass is 16.2. The second-order valence-electron chi connectivity index (χ2n) is 7.26. The topological polar surface area (TPSA) is 86.8 Å². The fraction of sp³-hybridized carbons (Fsp3) is 0.333. The summed E-state index contributed by atoms with van der Waals surface area (Å²) in [5.41, 5.74) is 3.91. The quantitative estimate of drug-likeness (QED) is 0.715. The number of nitrogens with one attached hydrogen (secondary N) is 2. The molecule has 1 aliphatic rings. The van der Waals surface area contributed by atoms with E-state index in [-0.39, 0.29) is 5.91 Å². The average Bonchev–Trinajstić information content (AvgIpc) is 3.29. The van der Waals surface area contributed by atoms with E-state index in [4.69, 9.17) is 0 Å². The van der Waals surface area contributed by atoms with Crippen molar-refractivity contribution < 1.29 is 4.79 Å². The normalized spacial score (nSPS) is 16.7. The van der Waals surface area contributed by atoms with Crippen molar-refractivity contribution in [1.82, 2.24) is 30.8 Å². The van der Waals surface area contributed by atoms with Gasteiger partial charge in [-0.05, 0) is 59.8 Å². The molecule has 144 valence electrons. The van der Waals surface area contributed by atoms with Crippen LogP contribution in [0, 0.1) is 0 Å². The van der Waals surface area contributed by atoms with Gasteiger partial charge in [0, 0.05) is 31.3 Å². The van der Waals surface area contributed by atoms with Crippen molar-refractivity contribution in [2.75, 3.05) is 20.1 Å². The van der Waals surface area contributed by atoms with Crippen molar-refractivity contribution >= 4 is 5.91 Å².